The molecule has 1 aliphatic rings. The van der Waals surface area contributed by atoms with Gasteiger partial charge in [-0.15, -0.1) is 0 Å². The minimum absolute atomic E-state index is 0.0104. The van der Waals surface area contributed by atoms with Gasteiger partial charge in [0.05, 0.1) is 23.6 Å². The monoisotopic (exact) mass is 389 g/mol. The number of fused-ring (bicyclic) bond motifs is 1. The summed E-state index contributed by atoms with van der Waals surface area (Å²) in [5.74, 6) is 0.327. The molecule has 1 aliphatic heterocycles. The number of rotatable bonds is 6. The van der Waals surface area contributed by atoms with Gasteiger partial charge in [0.15, 0.2) is 0 Å². The SMILES string of the molecule is O=C(C=Cc1ccccc1)N(Cc1nc2ccccc2c(=O)[nH]1)CC1CCCO1. The maximum Gasteiger partial charge on any atom is 0.258 e. The summed E-state index contributed by atoms with van der Waals surface area (Å²) in [7, 11) is 0. The number of carbonyl (C=O) groups is 1. The second-order valence-electron chi connectivity index (χ2n) is 7.13. The maximum absolute atomic E-state index is 12.9. The minimum atomic E-state index is -0.199. The van der Waals surface area contributed by atoms with E-state index < -0.39 is 0 Å². The molecule has 1 N–H and O–H groups in total. The zero-order valence-electron chi connectivity index (χ0n) is 16.1. The van der Waals surface area contributed by atoms with Gasteiger partial charge in [-0.3, -0.25) is 9.59 Å². The lowest BCUT2D eigenvalue weighted by molar-refractivity contribution is -0.128. The topological polar surface area (TPSA) is 75.3 Å². The van der Waals surface area contributed by atoms with E-state index in [1.165, 1.54) is 0 Å². The van der Waals surface area contributed by atoms with Crippen LogP contribution < -0.4 is 5.56 Å². The van der Waals surface area contributed by atoms with E-state index in [4.69, 9.17) is 4.74 Å². The van der Waals surface area contributed by atoms with Gasteiger partial charge in [-0.05, 0) is 36.6 Å². The summed E-state index contributed by atoms with van der Waals surface area (Å²) in [5.41, 5.74) is 1.38. The van der Waals surface area contributed by atoms with E-state index in [1.807, 2.05) is 36.4 Å². The lowest BCUT2D eigenvalue weighted by Crippen LogP contribution is -2.36. The molecule has 1 aromatic heterocycles. The fourth-order valence-electron chi connectivity index (χ4n) is 3.49. The Morgan fingerprint density at radius 2 is 1.97 bits per heavy atom. The molecule has 0 bridgehead atoms. The number of nitrogens with zero attached hydrogens (tertiary/aromatic N) is 2. The lowest BCUT2D eigenvalue weighted by Gasteiger charge is -2.24. The third-order valence-electron chi connectivity index (χ3n) is 4.98. The summed E-state index contributed by atoms with van der Waals surface area (Å²) in [6, 6.07) is 16.9. The van der Waals surface area contributed by atoms with E-state index in [1.54, 1.807) is 35.3 Å². The Balaban J connectivity index is 1.57. The first-order chi connectivity index (χ1) is 14.2. The molecule has 29 heavy (non-hydrogen) atoms. The standard InChI is InChI=1S/C23H23N3O3/c27-22(13-12-17-7-2-1-3-8-17)26(15-18-9-6-14-29-18)16-21-24-20-11-5-4-10-19(20)23(28)25-21/h1-5,7-8,10-13,18H,6,9,14-16H2,(H,24,25,28). The molecule has 1 amide bonds. The van der Waals surface area contributed by atoms with Gasteiger partial charge < -0.3 is 14.6 Å². The minimum Gasteiger partial charge on any atom is -0.376 e. The van der Waals surface area contributed by atoms with E-state index in [9.17, 15) is 9.59 Å². The van der Waals surface area contributed by atoms with Crippen LogP contribution in [0.4, 0.5) is 0 Å². The quantitative estimate of drug-likeness (QED) is 0.657. The predicted molar refractivity (Wildman–Crippen MR) is 112 cm³/mol. The van der Waals surface area contributed by atoms with Crippen molar-refractivity contribution in [1.82, 2.24) is 14.9 Å². The van der Waals surface area contributed by atoms with Crippen LogP contribution in [0.1, 0.15) is 24.2 Å². The Morgan fingerprint density at radius 1 is 1.17 bits per heavy atom. The summed E-state index contributed by atoms with van der Waals surface area (Å²) in [5, 5.41) is 0.539. The highest BCUT2D eigenvalue weighted by atomic mass is 16.5. The molecule has 0 aliphatic carbocycles. The molecule has 0 radical (unpaired) electrons. The third-order valence-corrected chi connectivity index (χ3v) is 4.98. The number of hydrogen-bond donors (Lipinski definition) is 1. The van der Waals surface area contributed by atoms with Crippen LogP contribution in [0.5, 0.6) is 0 Å². The van der Waals surface area contributed by atoms with Crippen LogP contribution in [-0.2, 0) is 16.1 Å². The van der Waals surface area contributed by atoms with E-state index in [0.29, 0.717) is 23.3 Å². The first kappa shape index (κ1) is 19.1. The van der Waals surface area contributed by atoms with Gasteiger partial charge in [0.2, 0.25) is 5.91 Å². The fourth-order valence-corrected chi connectivity index (χ4v) is 3.49. The van der Waals surface area contributed by atoms with Gasteiger partial charge in [-0.25, -0.2) is 4.98 Å². The summed E-state index contributed by atoms with van der Waals surface area (Å²) >= 11 is 0. The fraction of sp³-hybridized carbons (Fsp3) is 0.261. The van der Waals surface area contributed by atoms with Crippen LogP contribution in [0.3, 0.4) is 0 Å². The Labute approximate surface area is 168 Å². The Bertz CT molecular complexity index is 1070. The first-order valence-corrected chi connectivity index (χ1v) is 9.80. The van der Waals surface area contributed by atoms with E-state index in [2.05, 4.69) is 9.97 Å². The number of carbonyl (C=O) groups excluding carboxylic acids is 1. The van der Waals surface area contributed by atoms with Crippen LogP contribution in [-0.4, -0.2) is 40.0 Å². The number of nitrogens with one attached hydrogen (secondary N) is 1. The number of aromatic amines is 1. The van der Waals surface area contributed by atoms with Crippen LogP contribution in [0.2, 0.25) is 0 Å². The third kappa shape index (κ3) is 4.78. The number of aromatic nitrogens is 2. The smallest absolute Gasteiger partial charge is 0.258 e. The highest BCUT2D eigenvalue weighted by Crippen LogP contribution is 2.15. The Hall–Kier alpha value is -3.25. The normalized spacial score (nSPS) is 16.5. The van der Waals surface area contributed by atoms with E-state index in [0.717, 1.165) is 25.0 Å². The molecule has 6 heteroatoms. The number of H-pyrrole nitrogens is 1. The van der Waals surface area contributed by atoms with Crippen molar-refractivity contribution in [2.75, 3.05) is 13.2 Å². The zero-order chi connectivity index (χ0) is 20.1. The highest BCUT2D eigenvalue weighted by Gasteiger charge is 2.22. The molecule has 3 aromatic rings. The maximum atomic E-state index is 12.9. The molecular weight excluding hydrogens is 366 g/mol. The molecule has 1 unspecified atom stereocenters. The summed E-state index contributed by atoms with van der Waals surface area (Å²) in [6.07, 6.45) is 5.28. The molecule has 0 spiro atoms. The Morgan fingerprint density at radius 3 is 2.76 bits per heavy atom. The molecular formula is C23H23N3O3. The lowest BCUT2D eigenvalue weighted by atomic mass is 10.2. The molecule has 6 nitrogen and oxygen atoms in total. The van der Waals surface area contributed by atoms with Gasteiger partial charge in [-0.2, -0.15) is 0 Å². The average Bonchev–Trinajstić information content (AvgIpc) is 3.25. The molecule has 2 aromatic carbocycles. The van der Waals surface area contributed by atoms with Crippen molar-refractivity contribution in [2.24, 2.45) is 0 Å². The number of amides is 1. The van der Waals surface area contributed by atoms with Gasteiger partial charge in [-0.1, -0.05) is 42.5 Å². The van der Waals surface area contributed by atoms with Gasteiger partial charge >= 0.3 is 0 Å². The average molecular weight is 389 g/mol. The molecule has 0 saturated carbocycles. The second-order valence-corrected chi connectivity index (χ2v) is 7.13. The van der Waals surface area contributed by atoms with Crippen molar-refractivity contribution in [1.29, 1.82) is 0 Å². The molecule has 2 heterocycles. The molecule has 1 saturated heterocycles. The van der Waals surface area contributed by atoms with E-state index >= 15 is 0 Å². The van der Waals surface area contributed by atoms with Gasteiger partial charge in [0, 0.05) is 19.2 Å². The highest BCUT2D eigenvalue weighted by molar-refractivity contribution is 5.91. The Kier molecular flexibility index (Phi) is 5.81. The molecule has 4 rings (SSSR count). The van der Waals surface area contributed by atoms with Crippen LogP contribution in [0, 0.1) is 0 Å². The molecule has 148 valence electrons. The zero-order valence-corrected chi connectivity index (χ0v) is 16.1. The van der Waals surface area contributed by atoms with Gasteiger partial charge in [0.1, 0.15) is 5.82 Å². The van der Waals surface area contributed by atoms with Crippen molar-refractivity contribution >= 4 is 22.9 Å². The summed E-state index contributed by atoms with van der Waals surface area (Å²) in [4.78, 5) is 34.3. The summed E-state index contributed by atoms with van der Waals surface area (Å²) in [6.45, 7) is 1.41. The van der Waals surface area contributed by atoms with Crippen molar-refractivity contribution in [2.45, 2.75) is 25.5 Å². The second kappa shape index (κ2) is 8.84. The number of ether oxygens (including phenoxy) is 1. The van der Waals surface area contributed by atoms with Crippen molar-refractivity contribution in [3.8, 4) is 0 Å². The van der Waals surface area contributed by atoms with Crippen molar-refractivity contribution in [3.05, 3.63) is 82.4 Å². The van der Waals surface area contributed by atoms with Crippen LogP contribution in [0.25, 0.3) is 17.0 Å². The number of para-hydroxylation sites is 1. The number of benzene rings is 2. The largest absolute Gasteiger partial charge is 0.376 e. The van der Waals surface area contributed by atoms with Gasteiger partial charge in [0.25, 0.3) is 5.56 Å². The van der Waals surface area contributed by atoms with Crippen LogP contribution in [0.15, 0.2) is 65.5 Å². The molecule has 1 atom stereocenters. The van der Waals surface area contributed by atoms with Crippen molar-refractivity contribution in [3.63, 3.8) is 0 Å². The van der Waals surface area contributed by atoms with Crippen LogP contribution >= 0.6 is 0 Å². The van der Waals surface area contributed by atoms with Crippen molar-refractivity contribution < 1.29 is 9.53 Å². The molecule has 1 fully saturated rings. The number of hydrogen-bond acceptors (Lipinski definition) is 4. The predicted octanol–water partition coefficient (Wildman–Crippen LogP) is 3.14. The first-order valence-electron chi connectivity index (χ1n) is 9.80. The van der Waals surface area contributed by atoms with E-state index in [-0.39, 0.29) is 24.1 Å². The summed E-state index contributed by atoms with van der Waals surface area (Å²) < 4.78 is 5.72.